The Morgan fingerprint density at radius 2 is 2.00 bits per heavy atom. The number of pyridine rings is 1. The first kappa shape index (κ1) is 13.9. The zero-order valence-electron chi connectivity index (χ0n) is 12.6. The molecular formula is C15H17N7O. The van der Waals surface area contributed by atoms with Crippen LogP contribution in [0.3, 0.4) is 0 Å². The molecule has 0 bridgehead atoms. The minimum absolute atomic E-state index is 0.172. The van der Waals surface area contributed by atoms with Crippen LogP contribution in [0.25, 0.3) is 11.2 Å². The van der Waals surface area contributed by atoms with Gasteiger partial charge in [-0.3, -0.25) is 9.69 Å². The second-order valence-electron chi connectivity index (χ2n) is 5.56. The Morgan fingerprint density at radius 3 is 2.78 bits per heavy atom. The van der Waals surface area contributed by atoms with Crippen molar-refractivity contribution in [3.05, 3.63) is 46.9 Å². The Bertz CT molecular complexity index is 849. The molecule has 0 radical (unpaired) electrons. The van der Waals surface area contributed by atoms with Gasteiger partial charge in [-0.2, -0.15) is 0 Å². The first-order valence-corrected chi connectivity index (χ1v) is 7.60. The quantitative estimate of drug-likeness (QED) is 0.725. The lowest BCUT2D eigenvalue weighted by atomic mass is 10.3. The van der Waals surface area contributed by atoms with E-state index in [0.29, 0.717) is 23.5 Å². The van der Waals surface area contributed by atoms with Crippen molar-refractivity contribution in [2.24, 2.45) is 0 Å². The van der Waals surface area contributed by atoms with E-state index in [2.05, 4.69) is 34.7 Å². The second-order valence-corrected chi connectivity index (χ2v) is 5.56. The Kier molecular flexibility index (Phi) is 3.51. The molecule has 0 unspecified atom stereocenters. The third-order valence-corrected chi connectivity index (χ3v) is 4.06. The predicted molar refractivity (Wildman–Crippen MR) is 86.2 cm³/mol. The molecule has 0 aliphatic carbocycles. The van der Waals surface area contributed by atoms with Gasteiger partial charge in [-0.05, 0) is 12.1 Å². The minimum atomic E-state index is -0.172. The van der Waals surface area contributed by atoms with Crippen molar-refractivity contribution < 1.29 is 0 Å². The van der Waals surface area contributed by atoms with Gasteiger partial charge in [0.25, 0.3) is 5.56 Å². The van der Waals surface area contributed by atoms with Gasteiger partial charge in [-0.15, -0.1) is 0 Å². The summed E-state index contributed by atoms with van der Waals surface area (Å²) in [6.45, 7) is 4.24. The maximum Gasteiger partial charge on any atom is 0.277 e. The zero-order chi connectivity index (χ0) is 15.6. The summed E-state index contributed by atoms with van der Waals surface area (Å²) in [5.74, 6) is 1.66. The van der Waals surface area contributed by atoms with E-state index >= 15 is 0 Å². The van der Waals surface area contributed by atoms with Crippen LogP contribution in [0.2, 0.25) is 0 Å². The fourth-order valence-electron chi connectivity index (χ4n) is 2.85. The Balaban J connectivity index is 1.43. The summed E-state index contributed by atoms with van der Waals surface area (Å²) in [5.41, 5.74) is 0.721. The van der Waals surface area contributed by atoms with Crippen LogP contribution >= 0.6 is 0 Å². The molecule has 23 heavy (non-hydrogen) atoms. The molecule has 2 N–H and O–H groups in total. The highest BCUT2D eigenvalue weighted by molar-refractivity contribution is 5.67. The number of anilines is 1. The highest BCUT2D eigenvalue weighted by Gasteiger charge is 2.19. The summed E-state index contributed by atoms with van der Waals surface area (Å²) in [4.78, 5) is 35.0. The van der Waals surface area contributed by atoms with E-state index in [4.69, 9.17) is 0 Å². The number of nitrogens with one attached hydrogen (secondary N) is 2. The molecular weight excluding hydrogens is 294 g/mol. The van der Waals surface area contributed by atoms with Crippen LogP contribution in [-0.2, 0) is 6.54 Å². The fraction of sp³-hybridized carbons (Fsp3) is 0.333. The standard InChI is InChI=1S/C15H17N7O/c23-15-13-14(18-10-17-13)19-11(20-15)9-21-5-7-22(8-6-21)12-3-1-2-4-16-12/h1-4,10H,5-9H2,(H2,17,18,19,20,23). The maximum absolute atomic E-state index is 11.9. The number of aromatic nitrogens is 5. The van der Waals surface area contributed by atoms with Crippen molar-refractivity contribution in [2.75, 3.05) is 31.1 Å². The van der Waals surface area contributed by atoms with Crippen LogP contribution in [-0.4, -0.2) is 56.0 Å². The topological polar surface area (TPSA) is 93.8 Å². The number of imidazole rings is 1. The predicted octanol–water partition coefficient (Wildman–Crippen LogP) is 0.363. The Morgan fingerprint density at radius 1 is 1.13 bits per heavy atom. The maximum atomic E-state index is 11.9. The van der Waals surface area contributed by atoms with E-state index in [1.807, 2.05) is 24.4 Å². The van der Waals surface area contributed by atoms with Crippen LogP contribution in [0.5, 0.6) is 0 Å². The van der Waals surface area contributed by atoms with E-state index in [-0.39, 0.29) is 5.56 Å². The largest absolute Gasteiger partial charge is 0.354 e. The average molecular weight is 311 g/mol. The number of aromatic amines is 2. The normalized spacial score (nSPS) is 16.1. The molecule has 0 saturated carbocycles. The van der Waals surface area contributed by atoms with Gasteiger partial charge in [0.1, 0.15) is 11.6 Å². The number of H-pyrrole nitrogens is 2. The third kappa shape index (κ3) is 2.80. The molecule has 0 atom stereocenters. The van der Waals surface area contributed by atoms with E-state index in [1.54, 1.807) is 0 Å². The van der Waals surface area contributed by atoms with Crippen LogP contribution in [0.1, 0.15) is 5.82 Å². The molecule has 1 aliphatic rings. The summed E-state index contributed by atoms with van der Waals surface area (Å²) in [6, 6.07) is 5.95. The van der Waals surface area contributed by atoms with E-state index in [0.717, 1.165) is 32.0 Å². The molecule has 1 fully saturated rings. The molecule has 3 aromatic heterocycles. The number of nitrogens with zero attached hydrogens (tertiary/aromatic N) is 5. The smallest absolute Gasteiger partial charge is 0.277 e. The summed E-state index contributed by atoms with van der Waals surface area (Å²) < 4.78 is 0. The molecule has 0 aromatic carbocycles. The van der Waals surface area contributed by atoms with E-state index in [1.165, 1.54) is 6.33 Å². The number of rotatable bonds is 3. The van der Waals surface area contributed by atoms with Gasteiger partial charge in [-0.25, -0.2) is 15.0 Å². The van der Waals surface area contributed by atoms with Gasteiger partial charge in [-0.1, -0.05) is 6.07 Å². The van der Waals surface area contributed by atoms with Crippen molar-refractivity contribution in [3.8, 4) is 0 Å². The molecule has 4 heterocycles. The monoisotopic (exact) mass is 311 g/mol. The summed E-state index contributed by atoms with van der Waals surface area (Å²) in [6.07, 6.45) is 3.30. The van der Waals surface area contributed by atoms with Gasteiger partial charge >= 0.3 is 0 Å². The summed E-state index contributed by atoms with van der Waals surface area (Å²) in [5, 5.41) is 0. The molecule has 3 aromatic rings. The van der Waals surface area contributed by atoms with E-state index < -0.39 is 0 Å². The number of fused-ring (bicyclic) bond motifs is 1. The third-order valence-electron chi connectivity index (χ3n) is 4.06. The molecule has 0 spiro atoms. The SMILES string of the molecule is O=c1[nH]c(CN2CCN(c3ccccn3)CC2)nc2nc[nH]c12. The summed E-state index contributed by atoms with van der Waals surface area (Å²) in [7, 11) is 0. The number of piperazine rings is 1. The van der Waals surface area contributed by atoms with Crippen molar-refractivity contribution in [3.63, 3.8) is 0 Å². The molecule has 1 aliphatic heterocycles. The van der Waals surface area contributed by atoms with Crippen molar-refractivity contribution in [2.45, 2.75) is 6.54 Å². The van der Waals surface area contributed by atoms with Gasteiger partial charge in [0, 0.05) is 32.4 Å². The number of hydrogen-bond donors (Lipinski definition) is 2. The van der Waals surface area contributed by atoms with E-state index in [9.17, 15) is 4.79 Å². The van der Waals surface area contributed by atoms with Gasteiger partial charge < -0.3 is 14.9 Å². The molecule has 0 amide bonds. The fourth-order valence-corrected chi connectivity index (χ4v) is 2.85. The minimum Gasteiger partial charge on any atom is -0.354 e. The second kappa shape index (κ2) is 5.81. The first-order valence-electron chi connectivity index (χ1n) is 7.60. The molecule has 4 rings (SSSR count). The lowest BCUT2D eigenvalue weighted by Crippen LogP contribution is -2.46. The highest BCUT2D eigenvalue weighted by atomic mass is 16.1. The average Bonchev–Trinajstić information content (AvgIpc) is 3.05. The lowest BCUT2D eigenvalue weighted by Gasteiger charge is -2.35. The first-order chi connectivity index (χ1) is 11.3. The van der Waals surface area contributed by atoms with Crippen molar-refractivity contribution >= 4 is 17.0 Å². The zero-order valence-corrected chi connectivity index (χ0v) is 12.6. The Labute approximate surface area is 132 Å². The van der Waals surface area contributed by atoms with Crippen LogP contribution in [0.15, 0.2) is 35.5 Å². The molecule has 8 nitrogen and oxygen atoms in total. The van der Waals surface area contributed by atoms with Gasteiger partial charge in [0.2, 0.25) is 0 Å². The molecule has 8 heteroatoms. The van der Waals surface area contributed by atoms with Crippen LogP contribution in [0, 0.1) is 0 Å². The van der Waals surface area contributed by atoms with Gasteiger partial charge in [0.05, 0.1) is 12.9 Å². The van der Waals surface area contributed by atoms with Crippen LogP contribution < -0.4 is 10.5 Å². The summed E-state index contributed by atoms with van der Waals surface area (Å²) >= 11 is 0. The lowest BCUT2D eigenvalue weighted by molar-refractivity contribution is 0.243. The molecule has 118 valence electrons. The highest BCUT2D eigenvalue weighted by Crippen LogP contribution is 2.13. The Hall–Kier alpha value is -2.74. The van der Waals surface area contributed by atoms with Crippen molar-refractivity contribution in [1.29, 1.82) is 0 Å². The van der Waals surface area contributed by atoms with Gasteiger partial charge in [0.15, 0.2) is 11.2 Å². The van der Waals surface area contributed by atoms with Crippen molar-refractivity contribution in [1.82, 2.24) is 29.8 Å². The van der Waals surface area contributed by atoms with Crippen LogP contribution in [0.4, 0.5) is 5.82 Å². The molecule has 1 saturated heterocycles. The number of hydrogen-bond acceptors (Lipinski definition) is 6.